The second-order valence-electron chi connectivity index (χ2n) is 1.49. The summed E-state index contributed by atoms with van der Waals surface area (Å²) < 4.78 is 0. The predicted molar refractivity (Wildman–Crippen MR) is 22.5 cm³/mol. The molecule has 0 aromatic carbocycles. The molecule has 0 saturated carbocycles. The van der Waals surface area contributed by atoms with Gasteiger partial charge < -0.3 is 5.11 Å². The molecule has 1 N–H and O–H groups in total. The molecule has 0 heterocycles. The second kappa shape index (κ2) is 4.16. The number of carboxylic acid groups (broad SMARTS) is 1. The second-order valence-corrected chi connectivity index (χ2v) is 1.49. The van der Waals surface area contributed by atoms with E-state index in [9.17, 15) is 4.79 Å². The summed E-state index contributed by atoms with van der Waals surface area (Å²) in [5.74, 6) is -0.972. The van der Waals surface area contributed by atoms with E-state index < -0.39 is 5.97 Å². The van der Waals surface area contributed by atoms with Crippen LogP contribution in [-0.4, -0.2) is 11.1 Å². The Morgan fingerprint density at radius 1 is 1.57 bits per heavy atom. The van der Waals surface area contributed by atoms with Gasteiger partial charge in [0, 0.05) is 17.1 Å². The van der Waals surface area contributed by atoms with Crippen molar-refractivity contribution < 1.29 is 27.0 Å². The normalized spacial score (nSPS) is 7.86. The molecule has 0 aliphatic rings. The van der Waals surface area contributed by atoms with Crippen LogP contribution < -0.4 is 0 Å². The zero-order valence-corrected chi connectivity index (χ0v) is 5.18. The molecule has 0 aliphatic heterocycles. The van der Waals surface area contributed by atoms with E-state index in [1.165, 1.54) is 0 Å². The Morgan fingerprint density at radius 2 is 1.71 bits per heavy atom. The Bertz CT molecular complexity index is 60.7. The predicted octanol–water partition coefficient (Wildman–Crippen LogP) is 0.724. The average Bonchev–Trinajstić information content (AvgIpc) is 1.36. The van der Waals surface area contributed by atoms with Gasteiger partial charge in [0.25, 0.3) is 0 Å². The van der Waals surface area contributed by atoms with Crippen molar-refractivity contribution in [2.45, 2.75) is 13.8 Å². The Labute approximate surface area is 53.4 Å². The molecule has 0 aromatic heterocycles. The first-order valence-corrected chi connectivity index (χ1v) is 1.87. The van der Waals surface area contributed by atoms with Gasteiger partial charge in [-0.05, 0) is 0 Å². The monoisotopic (exact) mass is 151 g/mol. The molecular weight excluding hydrogens is 144 g/mol. The Morgan fingerprint density at radius 3 is 1.71 bits per heavy atom. The van der Waals surface area contributed by atoms with Crippen LogP contribution in [-0.2, 0) is 21.9 Å². The SMILES string of the molecule is CC(C)C(=O)O.[Cu]. The van der Waals surface area contributed by atoms with Gasteiger partial charge in [-0.15, -0.1) is 0 Å². The summed E-state index contributed by atoms with van der Waals surface area (Å²) in [4.78, 5) is 9.70. The van der Waals surface area contributed by atoms with E-state index in [4.69, 9.17) is 5.11 Å². The fraction of sp³-hybridized carbons (Fsp3) is 0.750. The van der Waals surface area contributed by atoms with E-state index in [-0.39, 0.29) is 23.0 Å². The van der Waals surface area contributed by atoms with Gasteiger partial charge in [0.2, 0.25) is 0 Å². The summed E-state index contributed by atoms with van der Waals surface area (Å²) in [5, 5.41) is 7.99. The van der Waals surface area contributed by atoms with Gasteiger partial charge in [0.1, 0.15) is 0 Å². The van der Waals surface area contributed by atoms with Crippen molar-refractivity contribution in [2.24, 2.45) is 5.92 Å². The van der Waals surface area contributed by atoms with Crippen LogP contribution in [0.3, 0.4) is 0 Å². The first-order chi connectivity index (χ1) is 2.64. The molecule has 0 aliphatic carbocycles. The number of rotatable bonds is 1. The number of aliphatic carboxylic acids is 1. The molecule has 0 aromatic rings. The van der Waals surface area contributed by atoms with Crippen LogP contribution in [0.4, 0.5) is 0 Å². The average molecular weight is 152 g/mol. The van der Waals surface area contributed by atoms with Crippen LogP contribution in [0.2, 0.25) is 0 Å². The van der Waals surface area contributed by atoms with Crippen LogP contribution >= 0.6 is 0 Å². The molecule has 3 heteroatoms. The quantitative estimate of drug-likeness (QED) is 0.561. The largest absolute Gasteiger partial charge is 0.481 e. The minimum absolute atomic E-state index is 0. The van der Waals surface area contributed by atoms with E-state index in [1.807, 2.05) is 0 Å². The molecule has 0 fully saturated rings. The zero-order chi connectivity index (χ0) is 5.15. The molecular formula is C4H8CuO2. The smallest absolute Gasteiger partial charge is 0.305 e. The van der Waals surface area contributed by atoms with Gasteiger partial charge >= 0.3 is 5.97 Å². The molecule has 0 saturated heterocycles. The van der Waals surface area contributed by atoms with Gasteiger partial charge in [-0.1, -0.05) is 13.8 Å². The number of hydrogen-bond acceptors (Lipinski definition) is 1. The maximum atomic E-state index is 9.70. The van der Waals surface area contributed by atoms with Crippen LogP contribution in [0.1, 0.15) is 13.8 Å². The van der Waals surface area contributed by atoms with Crippen LogP contribution in [0.25, 0.3) is 0 Å². The number of carboxylic acids is 1. The van der Waals surface area contributed by atoms with Crippen LogP contribution in [0.15, 0.2) is 0 Å². The van der Waals surface area contributed by atoms with E-state index in [0.29, 0.717) is 0 Å². The summed E-state index contributed by atoms with van der Waals surface area (Å²) >= 11 is 0. The van der Waals surface area contributed by atoms with Crippen LogP contribution in [0.5, 0.6) is 0 Å². The third kappa shape index (κ3) is 5.99. The zero-order valence-electron chi connectivity index (χ0n) is 4.23. The van der Waals surface area contributed by atoms with Gasteiger partial charge in [-0.3, -0.25) is 4.79 Å². The molecule has 0 spiro atoms. The van der Waals surface area contributed by atoms with Crippen LogP contribution in [0, 0.1) is 5.92 Å². The van der Waals surface area contributed by atoms with Crippen molar-refractivity contribution >= 4 is 5.97 Å². The fourth-order valence-electron chi connectivity index (χ4n) is 0. The molecule has 0 unspecified atom stereocenters. The third-order valence-electron chi connectivity index (χ3n) is 0.494. The van der Waals surface area contributed by atoms with Gasteiger partial charge in [0.05, 0.1) is 5.92 Å². The van der Waals surface area contributed by atoms with Crippen molar-refractivity contribution in [1.29, 1.82) is 0 Å². The maximum absolute atomic E-state index is 9.70. The molecule has 0 amide bonds. The third-order valence-corrected chi connectivity index (χ3v) is 0.494. The van der Waals surface area contributed by atoms with Gasteiger partial charge in [-0.25, -0.2) is 0 Å². The van der Waals surface area contributed by atoms with E-state index in [2.05, 4.69) is 0 Å². The summed E-state index contributed by atoms with van der Waals surface area (Å²) in [6.45, 7) is 3.28. The molecule has 2 nitrogen and oxygen atoms in total. The molecule has 0 atom stereocenters. The maximum Gasteiger partial charge on any atom is 0.305 e. The summed E-state index contributed by atoms with van der Waals surface area (Å²) in [6, 6.07) is 0. The molecule has 7 heavy (non-hydrogen) atoms. The first-order valence-electron chi connectivity index (χ1n) is 1.87. The standard InChI is InChI=1S/C4H8O2.Cu/c1-3(2)4(5)6;/h3H,1-2H3,(H,5,6);. The molecule has 0 rings (SSSR count). The van der Waals surface area contributed by atoms with Crippen molar-refractivity contribution in [3.63, 3.8) is 0 Å². The Balaban J connectivity index is 0. The Hall–Kier alpha value is -0.0105. The first kappa shape index (κ1) is 10.1. The number of hydrogen-bond donors (Lipinski definition) is 1. The van der Waals surface area contributed by atoms with E-state index >= 15 is 0 Å². The molecule has 47 valence electrons. The van der Waals surface area contributed by atoms with Crippen molar-refractivity contribution in [2.75, 3.05) is 0 Å². The van der Waals surface area contributed by atoms with E-state index in [1.54, 1.807) is 13.8 Å². The van der Waals surface area contributed by atoms with Crippen molar-refractivity contribution in [3.05, 3.63) is 0 Å². The minimum Gasteiger partial charge on any atom is -0.481 e. The fourth-order valence-corrected chi connectivity index (χ4v) is 0. The number of carbonyl (C=O) groups is 1. The summed E-state index contributed by atoms with van der Waals surface area (Å²) in [6.07, 6.45) is 0. The summed E-state index contributed by atoms with van der Waals surface area (Å²) in [5.41, 5.74) is 0. The molecule has 0 bridgehead atoms. The van der Waals surface area contributed by atoms with Gasteiger partial charge in [-0.2, -0.15) is 0 Å². The molecule has 1 radical (unpaired) electrons. The topological polar surface area (TPSA) is 37.3 Å². The van der Waals surface area contributed by atoms with Crippen molar-refractivity contribution in [1.82, 2.24) is 0 Å². The van der Waals surface area contributed by atoms with Gasteiger partial charge in [0.15, 0.2) is 0 Å². The minimum atomic E-state index is -0.741. The van der Waals surface area contributed by atoms with E-state index in [0.717, 1.165) is 0 Å². The van der Waals surface area contributed by atoms with Crippen molar-refractivity contribution in [3.8, 4) is 0 Å². The Kier molecular flexibility index (Phi) is 5.98. The summed E-state index contributed by atoms with van der Waals surface area (Å²) in [7, 11) is 0.